The maximum Gasteiger partial charge on any atom is 0.234 e. The lowest BCUT2D eigenvalue weighted by atomic mass is 10.1. The number of aryl methyl sites for hydroxylation is 1. The van der Waals surface area contributed by atoms with Crippen molar-refractivity contribution in [3.8, 4) is 0 Å². The summed E-state index contributed by atoms with van der Waals surface area (Å²) in [5.41, 5.74) is 4.87. The molecule has 0 radical (unpaired) electrons. The molecule has 0 atom stereocenters. The molecule has 0 bridgehead atoms. The van der Waals surface area contributed by atoms with Gasteiger partial charge in [-0.15, -0.1) is 11.8 Å². The van der Waals surface area contributed by atoms with Gasteiger partial charge in [-0.3, -0.25) is 9.79 Å². The Morgan fingerprint density at radius 2 is 1.63 bits per heavy atom. The van der Waals surface area contributed by atoms with Crippen LogP contribution in [0.2, 0.25) is 0 Å². The number of rotatable bonds is 4. The number of fused-ring (bicyclic) bond motifs is 1. The number of amides is 1. The molecule has 30 heavy (non-hydrogen) atoms. The average Bonchev–Trinajstić information content (AvgIpc) is 2.94. The largest absolute Gasteiger partial charge is 0.323 e. The van der Waals surface area contributed by atoms with Gasteiger partial charge in [0.1, 0.15) is 5.82 Å². The first kappa shape index (κ1) is 20.0. The van der Waals surface area contributed by atoms with Crippen LogP contribution in [-0.4, -0.2) is 22.4 Å². The van der Waals surface area contributed by atoms with Crippen molar-refractivity contribution in [2.45, 2.75) is 13.3 Å². The van der Waals surface area contributed by atoms with Crippen LogP contribution in [0.3, 0.4) is 0 Å². The minimum atomic E-state index is -0.453. The Morgan fingerprint density at radius 3 is 2.37 bits per heavy atom. The van der Waals surface area contributed by atoms with Crippen molar-refractivity contribution < 1.29 is 9.18 Å². The Balaban J connectivity index is 1.53. The van der Waals surface area contributed by atoms with Gasteiger partial charge in [0.25, 0.3) is 0 Å². The number of aliphatic imine (C=N–C) groups is 2. The van der Waals surface area contributed by atoms with Gasteiger partial charge in [0.05, 0.1) is 33.6 Å². The molecule has 1 amide bonds. The van der Waals surface area contributed by atoms with E-state index >= 15 is 0 Å². The van der Waals surface area contributed by atoms with Crippen LogP contribution in [0.5, 0.6) is 0 Å². The smallest absolute Gasteiger partial charge is 0.234 e. The molecule has 1 N–H and O–H groups in total. The van der Waals surface area contributed by atoms with Gasteiger partial charge in [-0.25, -0.2) is 9.38 Å². The maximum atomic E-state index is 13.8. The second kappa shape index (κ2) is 9.05. The van der Waals surface area contributed by atoms with Crippen LogP contribution in [0.25, 0.3) is 0 Å². The van der Waals surface area contributed by atoms with Gasteiger partial charge in [0.15, 0.2) is 0 Å². The number of thioether (sulfide) groups is 1. The summed E-state index contributed by atoms with van der Waals surface area (Å²) in [6.45, 7) is 2.05. The molecule has 4 rings (SSSR count). The first-order chi connectivity index (χ1) is 14.6. The summed E-state index contributed by atoms with van der Waals surface area (Å²) in [5.74, 6) is -0.596. The number of carbonyl (C=O) groups is 1. The summed E-state index contributed by atoms with van der Waals surface area (Å²) >= 11 is 1.34. The summed E-state index contributed by atoms with van der Waals surface area (Å²) in [6.07, 6.45) is 0.523. The number of benzene rings is 3. The molecule has 0 fully saturated rings. The molecular formula is C24H20FN3OS. The highest BCUT2D eigenvalue weighted by Crippen LogP contribution is 2.33. The standard InChI is InChI=1S/C24H20FN3OS/c1-16-10-12-17(13-11-16)22-14-24(28-21-9-5-4-8-20(21)26-22)30-15-23(29)27-19-7-3-2-6-18(19)25/h2-13H,14-15H2,1H3,(H,27,29). The van der Waals surface area contributed by atoms with E-state index in [2.05, 4.69) is 29.6 Å². The Labute approximate surface area is 179 Å². The molecule has 6 heteroatoms. The average molecular weight is 418 g/mol. The number of nitrogens with zero attached hydrogens (tertiary/aromatic N) is 2. The van der Waals surface area contributed by atoms with E-state index in [1.165, 1.54) is 23.4 Å². The molecule has 0 saturated carbocycles. The van der Waals surface area contributed by atoms with Gasteiger partial charge in [0, 0.05) is 6.42 Å². The number of para-hydroxylation sites is 3. The Hall–Kier alpha value is -3.25. The quantitative estimate of drug-likeness (QED) is 0.561. The van der Waals surface area contributed by atoms with E-state index in [9.17, 15) is 9.18 Å². The molecule has 150 valence electrons. The van der Waals surface area contributed by atoms with Crippen LogP contribution in [0.4, 0.5) is 21.5 Å². The lowest BCUT2D eigenvalue weighted by Gasteiger charge is -2.09. The molecule has 3 aromatic rings. The fraction of sp³-hybridized carbons (Fsp3) is 0.125. The van der Waals surface area contributed by atoms with E-state index in [0.717, 1.165) is 27.7 Å². The van der Waals surface area contributed by atoms with Crippen molar-refractivity contribution >= 4 is 45.5 Å². The van der Waals surface area contributed by atoms with E-state index < -0.39 is 5.82 Å². The molecule has 1 heterocycles. The Kier molecular flexibility index (Phi) is 6.05. The summed E-state index contributed by atoms with van der Waals surface area (Å²) in [4.78, 5) is 21.9. The zero-order valence-electron chi connectivity index (χ0n) is 16.4. The van der Waals surface area contributed by atoms with E-state index in [4.69, 9.17) is 9.98 Å². The van der Waals surface area contributed by atoms with Gasteiger partial charge < -0.3 is 5.32 Å². The van der Waals surface area contributed by atoms with E-state index in [1.54, 1.807) is 18.2 Å². The predicted octanol–water partition coefficient (Wildman–Crippen LogP) is 6.06. The van der Waals surface area contributed by atoms with Crippen LogP contribution in [0.1, 0.15) is 17.5 Å². The van der Waals surface area contributed by atoms with E-state index in [0.29, 0.717) is 6.42 Å². The van der Waals surface area contributed by atoms with E-state index in [-0.39, 0.29) is 17.3 Å². The Morgan fingerprint density at radius 1 is 0.967 bits per heavy atom. The van der Waals surface area contributed by atoms with Crippen LogP contribution < -0.4 is 5.32 Å². The van der Waals surface area contributed by atoms with Gasteiger partial charge in [-0.1, -0.05) is 54.1 Å². The Bertz CT molecular complexity index is 1140. The molecule has 0 aliphatic carbocycles. The van der Waals surface area contributed by atoms with Crippen molar-refractivity contribution in [1.82, 2.24) is 0 Å². The number of halogens is 1. The summed E-state index contributed by atoms with van der Waals surface area (Å²) < 4.78 is 13.8. The second-order valence-electron chi connectivity index (χ2n) is 6.91. The molecule has 0 aromatic heterocycles. The van der Waals surface area contributed by atoms with Crippen molar-refractivity contribution in [2.75, 3.05) is 11.1 Å². The highest BCUT2D eigenvalue weighted by atomic mass is 32.2. The third-order valence-corrected chi connectivity index (χ3v) is 5.58. The van der Waals surface area contributed by atoms with Crippen LogP contribution in [0.15, 0.2) is 82.8 Å². The van der Waals surface area contributed by atoms with Gasteiger partial charge in [-0.2, -0.15) is 0 Å². The topological polar surface area (TPSA) is 53.8 Å². The molecule has 0 saturated heterocycles. The van der Waals surface area contributed by atoms with Crippen molar-refractivity contribution in [3.63, 3.8) is 0 Å². The first-order valence-corrected chi connectivity index (χ1v) is 10.6. The number of hydrogen-bond donors (Lipinski definition) is 1. The highest BCUT2D eigenvalue weighted by molar-refractivity contribution is 8.14. The van der Waals surface area contributed by atoms with Crippen molar-refractivity contribution in [1.29, 1.82) is 0 Å². The van der Waals surface area contributed by atoms with Crippen LogP contribution in [-0.2, 0) is 4.79 Å². The highest BCUT2D eigenvalue weighted by Gasteiger charge is 2.17. The normalized spacial score (nSPS) is 13.0. The molecule has 1 aliphatic heterocycles. The van der Waals surface area contributed by atoms with Gasteiger partial charge in [0.2, 0.25) is 5.91 Å². The van der Waals surface area contributed by atoms with Crippen molar-refractivity contribution in [3.05, 3.63) is 89.7 Å². The summed E-state index contributed by atoms with van der Waals surface area (Å²) in [5, 5.41) is 3.41. The first-order valence-electron chi connectivity index (χ1n) is 9.57. The van der Waals surface area contributed by atoms with E-state index in [1.807, 2.05) is 31.2 Å². The zero-order chi connectivity index (χ0) is 20.9. The molecular weight excluding hydrogens is 397 g/mol. The molecule has 0 spiro atoms. The summed E-state index contributed by atoms with van der Waals surface area (Å²) in [7, 11) is 0. The molecule has 0 unspecified atom stereocenters. The molecule has 4 nitrogen and oxygen atoms in total. The predicted molar refractivity (Wildman–Crippen MR) is 123 cm³/mol. The third kappa shape index (κ3) is 4.83. The lowest BCUT2D eigenvalue weighted by Crippen LogP contribution is -2.17. The van der Waals surface area contributed by atoms with Gasteiger partial charge >= 0.3 is 0 Å². The third-order valence-electron chi connectivity index (χ3n) is 4.60. The summed E-state index contributed by atoms with van der Waals surface area (Å²) in [6, 6.07) is 22.0. The maximum absolute atomic E-state index is 13.8. The van der Waals surface area contributed by atoms with Crippen LogP contribution in [0, 0.1) is 12.7 Å². The fourth-order valence-electron chi connectivity index (χ4n) is 3.05. The van der Waals surface area contributed by atoms with Crippen molar-refractivity contribution in [2.24, 2.45) is 9.98 Å². The number of hydrogen-bond acceptors (Lipinski definition) is 4. The zero-order valence-corrected chi connectivity index (χ0v) is 17.2. The minimum absolute atomic E-state index is 0.135. The molecule has 1 aliphatic rings. The lowest BCUT2D eigenvalue weighted by molar-refractivity contribution is -0.113. The minimum Gasteiger partial charge on any atom is -0.323 e. The number of anilines is 1. The van der Waals surface area contributed by atoms with Gasteiger partial charge in [-0.05, 0) is 36.8 Å². The number of carbonyl (C=O) groups excluding carboxylic acids is 1. The molecule has 3 aromatic carbocycles. The monoisotopic (exact) mass is 417 g/mol. The fourth-order valence-corrected chi connectivity index (χ4v) is 3.82. The van der Waals surface area contributed by atoms with Crippen LogP contribution >= 0.6 is 11.8 Å². The SMILES string of the molecule is Cc1ccc(C2=Nc3ccccc3N=C(SCC(=O)Nc3ccccc3F)C2)cc1. The number of nitrogens with one attached hydrogen (secondary N) is 1. The second-order valence-corrected chi connectivity index (χ2v) is 7.96.